The number of benzene rings is 2. The topological polar surface area (TPSA) is 75.7 Å². The number of sulfonamides is 1. The van der Waals surface area contributed by atoms with Crippen LogP contribution in [0.3, 0.4) is 0 Å². The molecule has 0 radical (unpaired) electrons. The van der Waals surface area contributed by atoms with Gasteiger partial charge in [-0.25, -0.2) is 8.42 Å². The van der Waals surface area contributed by atoms with Crippen molar-refractivity contribution in [3.8, 4) is 5.75 Å². The number of hydrogen-bond donors (Lipinski definition) is 1. The summed E-state index contributed by atoms with van der Waals surface area (Å²) in [5, 5.41) is 2.79. The maximum atomic E-state index is 12.7. The molecular weight excluding hydrogens is 376 g/mol. The average Bonchev–Trinajstić information content (AvgIpc) is 2.67. The zero-order chi connectivity index (χ0) is 20.7. The van der Waals surface area contributed by atoms with Gasteiger partial charge < -0.3 is 10.1 Å². The number of nitrogens with zero attached hydrogens (tertiary/aromatic N) is 1. The van der Waals surface area contributed by atoms with E-state index in [1.165, 1.54) is 23.5 Å². The minimum atomic E-state index is -3.62. The molecule has 0 heterocycles. The third-order valence-corrected chi connectivity index (χ3v) is 6.56. The Bertz CT molecular complexity index is 922. The van der Waals surface area contributed by atoms with Crippen LogP contribution in [0.25, 0.3) is 0 Å². The molecule has 0 saturated carbocycles. The summed E-state index contributed by atoms with van der Waals surface area (Å²) >= 11 is 0. The molecule has 0 bridgehead atoms. The molecule has 0 spiro atoms. The molecule has 2 aromatic rings. The summed E-state index contributed by atoms with van der Waals surface area (Å²) in [7, 11) is -2.14. The van der Waals surface area contributed by atoms with Gasteiger partial charge in [0.2, 0.25) is 15.9 Å². The highest BCUT2D eigenvalue weighted by Crippen LogP contribution is 2.29. The van der Waals surface area contributed by atoms with Crippen LogP contribution in [-0.4, -0.2) is 38.8 Å². The highest BCUT2D eigenvalue weighted by atomic mass is 32.2. The van der Waals surface area contributed by atoms with Crippen LogP contribution in [0, 0.1) is 6.92 Å². The number of rotatable bonds is 9. The van der Waals surface area contributed by atoms with Crippen LogP contribution < -0.4 is 10.1 Å². The van der Waals surface area contributed by atoms with E-state index < -0.39 is 10.0 Å². The van der Waals surface area contributed by atoms with Crippen molar-refractivity contribution < 1.29 is 17.9 Å². The van der Waals surface area contributed by atoms with Crippen LogP contribution in [0.5, 0.6) is 5.75 Å². The molecule has 152 valence electrons. The number of carbonyl (C=O) groups is 1. The second kappa shape index (κ2) is 9.71. The molecule has 0 aromatic heterocycles. The van der Waals surface area contributed by atoms with Crippen molar-refractivity contribution in [3.05, 3.63) is 53.6 Å². The SMILES string of the molecule is CCN(CC)S(=O)(=O)c1ccc(OC)c(NC(=O)CCc2cccc(C)c2)c1. The fourth-order valence-corrected chi connectivity index (χ4v) is 4.48. The standard InChI is InChI=1S/C21H28N2O4S/c1-5-23(6-2)28(25,26)18-11-12-20(27-4)19(15-18)22-21(24)13-10-17-9-7-8-16(3)14-17/h7-9,11-12,14-15H,5-6,10,13H2,1-4H3,(H,22,24). The minimum Gasteiger partial charge on any atom is -0.495 e. The molecule has 2 rings (SSSR count). The van der Waals surface area contributed by atoms with E-state index in [1.54, 1.807) is 19.9 Å². The summed E-state index contributed by atoms with van der Waals surface area (Å²) in [5.74, 6) is 0.222. The Morgan fingerprint density at radius 2 is 1.82 bits per heavy atom. The molecule has 0 aliphatic rings. The van der Waals surface area contributed by atoms with Gasteiger partial charge in [-0.2, -0.15) is 4.31 Å². The van der Waals surface area contributed by atoms with Gasteiger partial charge in [-0.05, 0) is 37.1 Å². The number of ether oxygens (including phenoxy) is 1. The molecule has 0 atom stereocenters. The minimum absolute atomic E-state index is 0.131. The predicted molar refractivity (Wildman–Crippen MR) is 111 cm³/mol. The van der Waals surface area contributed by atoms with Crippen molar-refractivity contribution in [2.75, 3.05) is 25.5 Å². The first-order valence-corrected chi connectivity index (χ1v) is 10.8. The van der Waals surface area contributed by atoms with Crippen molar-refractivity contribution >= 4 is 21.6 Å². The Labute approximate surface area is 167 Å². The lowest BCUT2D eigenvalue weighted by atomic mass is 10.1. The molecule has 0 unspecified atom stereocenters. The van der Waals surface area contributed by atoms with E-state index in [1.807, 2.05) is 31.2 Å². The lowest BCUT2D eigenvalue weighted by Crippen LogP contribution is -2.30. The maximum Gasteiger partial charge on any atom is 0.243 e. The zero-order valence-corrected chi connectivity index (χ0v) is 17.7. The van der Waals surface area contributed by atoms with Gasteiger partial charge in [-0.15, -0.1) is 0 Å². The van der Waals surface area contributed by atoms with E-state index in [0.717, 1.165) is 11.1 Å². The molecule has 0 fully saturated rings. The van der Waals surface area contributed by atoms with Crippen LogP contribution in [0.1, 0.15) is 31.4 Å². The Hall–Kier alpha value is -2.38. The number of nitrogens with one attached hydrogen (secondary N) is 1. The number of methoxy groups -OCH3 is 1. The van der Waals surface area contributed by atoms with Crippen LogP contribution in [0.4, 0.5) is 5.69 Å². The first-order valence-electron chi connectivity index (χ1n) is 9.35. The van der Waals surface area contributed by atoms with E-state index in [4.69, 9.17) is 4.74 Å². The average molecular weight is 405 g/mol. The fourth-order valence-electron chi connectivity index (χ4n) is 3.00. The molecule has 0 aliphatic carbocycles. The van der Waals surface area contributed by atoms with Crippen molar-refractivity contribution in [1.82, 2.24) is 4.31 Å². The summed E-state index contributed by atoms with van der Waals surface area (Å²) in [6.07, 6.45) is 0.896. The lowest BCUT2D eigenvalue weighted by Gasteiger charge is -2.19. The third kappa shape index (κ3) is 5.33. The summed E-state index contributed by atoms with van der Waals surface area (Å²) < 4.78 is 32.1. The predicted octanol–water partition coefficient (Wildman–Crippen LogP) is 3.61. The molecule has 0 aliphatic heterocycles. The van der Waals surface area contributed by atoms with Crippen LogP contribution in [0.15, 0.2) is 47.4 Å². The second-order valence-electron chi connectivity index (χ2n) is 6.49. The molecule has 2 aromatic carbocycles. The van der Waals surface area contributed by atoms with Crippen LogP contribution in [0.2, 0.25) is 0 Å². The summed E-state index contributed by atoms with van der Waals surface area (Å²) in [6.45, 7) is 6.35. The molecule has 6 nitrogen and oxygen atoms in total. The number of aryl methyl sites for hydroxylation is 2. The molecule has 1 N–H and O–H groups in total. The second-order valence-corrected chi connectivity index (χ2v) is 8.43. The Morgan fingerprint density at radius 1 is 1.11 bits per heavy atom. The molecule has 7 heteroatoms. The van der Waals surface area contributed by atoms with Crippen LogP contribution >= 0.6 is 0 Å². The van der Waals surface area contributed by atoms with Gasteiger partial charge in [0, 0.05) is 19.5 Å². The monoisotopic (exact) mass is 404 g/mol. The number of anilines is 1. The largest absolute Gasteiger partial charge is 0.495 e. The van der Waals surface area contributed by atoms with Gasteiger partial charge in [-0.3, -0.25) is 4.79 Å². The first kappa shape index (κ1) is 21.9. The zero-order valence-electron chi connectivity index (χ0n) is 16.9. The van der Waals surface area contributed by atoms with E-state index in [-0.39, 0.29) is 10.8 Å². The Kier molecular flexibility index (Phi) is 7.60. The molecule has 1 amide bonds. The smallest absolute Gasteiger partial charge is 0.243 e. The van der Waals surface area contributed by atoms with Gasteiger partial charge in [0.15, 0.2) is 0 Å². The quantitative estimate of drug-likeness (QED) is 0.693. The highest BCUT2D eigenvalue weighted by molar-refractivity contribution is 7.89. The van der Waals surface area contributed by atoms with Crippen molar-refractivity contribution in [2.24, 2.45) is 0 Å². The first-order chi connectivity index (χ1) is 13.3. The van der Waals surface area contributed by atoms with E-state index in [0.29, 0.717) is 37.4 Å². The molecular formula is C21H28N2O4S. The van der Waals surface area contributed by atoms with Crippen LogP contribution in [-0.2, 0) is 21.2 Å². The van der Waals surface area contributed by atoms with Crippen molar-refractivity contribution in [2.45, 2.75) is 38.5 Å². The van der Waals surface area contributed by atoms with Crippen molar-refractivity contribution in [1.29, 1.82) is 0 Å². The van der Waals surface area contributed by atoms with E-state index in [9.17, 15) is 13.2 Å². The fraction of sp³-hybridized carbons (Fsp3) is 0.381. The van der Waals surface area contributed by atoms with E-state index in [2.05, 4.69) is 5.32 Å². The summed E-state index contributed by atoms with van der Waals surface area (Å²) in [4.78, 5) is 12.6. The molecule has 0 saturated heterocycles. The normalized spacial score (nSPS) is 11.5. The third-order valence-electron chi connectivity index (χ3n) is 4.51. The maximum absolute atomic E-state index is 12.7. The van der Waals surface area contributed by atoms with E-state index >= 15 is 0 Å². The Balaban J connectivity index is 2.18. The van der Waals surface area contributed by atoms with Gasteiger partial charge in [0.05, 0.1) is 17.7 Å². The summed E-state index contributed by atoms with van der Waals surface area (Å²) in [6, 6.07) is 12.5. The van der Waals surface area contributed by atoms with Gasteiger partial charge in [0.25, 0.3) is 0 Å². The van der Waals surface area contributed by atoms with Gasteiger partial charge in [0.1, 0.15) is 5.75 Å². The van der Waals surface area contributed by atoms with Crippen molar-refractivity contribution in [3.63, 3.8) is 0 Å². The highest BCUT2D eigenvalue weighted by Gasteiger charge is 2.23. The van der Waals surface area contributed by atoms with Gasteiger partial charge in [-0.1, -0.05) is 43.7 Å². The van der Waals surface area contributed by atoms with Gasteiger partial charge >= 0.3 is 0 Å². The number of carbonyl (C=O) groups excluding carboxylic acids is 1. The number of hydrogen-bond acceptors (Lipinski definition) is 4. The number of amides is 1. The Morgan fingerprint density at radius 3 is 2.43 bits per heavy atom. The summed E-state index contributed by atoms with van der Waals surface area (Å²) in [5.41, 5.74) is 2.58. The molecule has 28 heavy (non-hydrogen) atoms. The lowest BCUT2D eigenvalue weighted by molar-refractivity contribution is -0.116.